The van der Waals surface area contributed by atoms with Gasteiger partial charge in [-0.2, -0.15) is 0 Å². The van der Waals surface area contributed by atoms with Crippen molar-refractivity contribution in [3.8, 4) is 0 Å². The predicted molar refractivity (Wildman–Crippen MR) is 90.6 cm³/mol. The van der Waals surface area contributed by atoms with Crippen LogP contribution in [0.3, 0.4) is 0 Å². The molecule has 114 valence electrons. The van der Waals surface area contributed by atoms with E-state index in [1.165, 1.54) is 44.1 Å². The molecule has 1 aromatic carbocycles. The van der Waals surface area contributed by atoms with Gasteiger partial charge in [0, 0.05) is 17.1 Å². The van der Waals surface area contributed by atoms with E-state index in [9.17, 15) is 0 Å². The minimum Gasteiger partial charge on any atom is -0.311 e. The maximum Gasteiger partial charge on any atom is 0.0406 e. The lowest BCUT2D eigenvalue weighted by atomic mass is 10.0. The highest BCUT2D eigenvalue weighted by molar-refractivity contribution is 6.30. The number of hydrogen-bond donors (Lipinski definition) is 1. The van der Waals surface area contributed by atoms with Gasteiger partial charge in [-0.1, -0.05) is 62.8 Å². The van der Waals surface area contributed by atoms with E-state index in [2.05, 4.69) is 38.2 Å². The second kappa shape index (κ2) is 10.2. The van der Waals surface area contributed by atoms with Crippen LogP contribution in [0.2, 0.25) is 5.02 Å². The standard InChI is InChI=1S/C18H30ClN/c1-4-5-6-7-8-9-15(2)20-16(3)14-17-10-12-18(19)13-11-17/h10-13,15-16,20H,4-9,14H2,1-3H3. The second-order valence-corrected chi connectivity index (χ2v) is 6.44. The molecule has 1 rings (SSSR count). The highest BCUT2D eigenvalue weighted by Gasteiger charge is 2.08. The third-order valence-corrected chi connectivity index (χ3v) is 4.02. The maximum absolute atomic E-state index is 5.91. The smallest absolute Gasteiger partial charge is 0.0406 e. The molecule has 1 aromatic rings. The van der Waals surface area contributed by atoms with Crippen LogP contribution in [0.4, 0.5) is 0 Å². The molecule has 0 fully saturated rings. The first-order valence-corrected chi connectivity index (χ1v) is 8.50. The van der Waals surface area contributed by atoms with Crippen molar-refractivity contribution in [1.82, 2.24) is 5.32 Å². The number of halogens is 1. The molecule has 2 atom stereocenters. The second-order valence-electron chi connectivity index (χ2n) is 6.00. The van der Waals surface area contributed by atoms with Crippen LogP contribution in [0.25, 0.3) is 0 Å². The van der Waals surface area contributed by atoms with Crippen molar-refractivity contribution in [2.45, 2.75) is 77.8 Å². The molecular formula is C18H30ClN. The number of hydrogen-bond acceptors (Lipinski definition) is 1. The van der Waals surface area contributed by atoms with E-state index in [4.69, 9.17) is 11.6 Å². The Balaban J connectivity index is 2.17. The van der Waals surface area contributed by atoms with Gasteiger partial charge in [-0.05, 0) is 44.4 Å². The minimum absolute atomic E-state index is 0.516. The van der Waals surface area contributed by atoms with Crippen molar-refractivity contribution >= 4 is 11.6 Å². The van der Waals surface area contributed by atoms with Crippen LogP contribution >= 0.6 is 11.6 Å². The zero-order valence-corrected chi connectivity index (χ0v) is 14.0. The Labute approximate surface area is 130 Å². The molecule has 20 heavy (non-hydrogen) atoms. The SMILES string of the molecule is CCCCCCCC(C)NC(C)Cc1ccc(Cl)cc1. The van der Waals surface area contributed by atoms with Gasteiger partial charge >= 0.3 is 0 Å². The van der Waals surface area contributed by atoms with Crippen molar-refractivity contribution in [3.05, 3.63) is 34.9 Å². The lowest BCUT2D eigenvalue weighted by Crippen LogP contribution is -2.35. The van der Waals surface area contributed by atoms with Gasteiger partial charge in [0.1, 0.15) is 0 Å². The molecule has 1 nitrogen and oxygen atoms in total. The fraction of sp³-hybridized carbons (Fsp3) is 0.667. The molecular weight excluding hydrogens is 266 g/mol. The normalized spacial score (nSPS) is 14.2. The summed E-state index contributed by atoms with van der Waals surface area (Å²) in [4.78, 5) is 0. The summed E-state index contributed by atoms with van der Waals surface area (Å²) < 4.78 is 0. The molecule has 0 saturated heterocycles. The van der Waals surface area contributed by atoms with Gasteiger partial charge in [0.05, 0.1) is 0 Å². The first-order valence-electron chi connectivity index (χ1n) is 8.12. The molecule has 0 heterocycles. The van der Waals surface area contributed by atoms with Crippen molar-refractivity contribution in [3.63, 3.8) is 0 Å². The lowest BCUT2D eigenvalue weighted by molar-refractivity contribution is 0.427. The average Bonchev–Trinajstić information content (AvgIpc) is 2.41. The zero-order valence-electron chi connectivity index (χ0n) is 13.3. The summed E-state index contributed by atoms with van der Waals surface area (Å²) in [5.41, 5.74) is 1.35. The molecule has 2 unspecified atom stereocenters. The fourth-order valence-corrected chi connectivity index (χ4v) is 2.78. The third kappa shape index (κ3) is 7.91. The first kappa shape index (κ1) is 17.5. The molecule has 0 amide bonds. The monoisotopic (exact) mass is 295 g/mol. The molecule has 0 radical (unpaired) electrons. The number of unbranched alkanes of at least 4 members (excludes halogenated alkanes) is 4. The lowest BCUT2D eigenvalue weighted by Gasteiger charge is -2.20. The largest absolute Gasteiger partial charge is 0.311 e. The Kier molecular flexibility index (Phi) is 8.97. The van der Waals surface area contributed by atoms with E-state index in [1.54, 1.807) is 0 Å². The van der Waals surface area contributed by atoms with Crippen molar-refractivity contribution < 1.29 is 0 Å². The number of benzene rings is 1. The molecule has 0 aromatic heterocycles. The Morgan fingerprint density at radius 1 is 0.950 bits per heavy atom. The van der Waals surface area contributed by atoms with Gasteiger partial charge in [0.15, 0.2) is 0 Å². The van der Waals surface area contributed by atoms with Gasteiger partial charge in [0.2, 0.25) is 0 Å². The summed E-state index contributed by atoms with van der Waals surface area (Å²) in [6.07, 6.45) is 9.18. The highest BCUT2D eigenvalue weighted by atomic mass is 35.5. The predicted octanol–water partition coefficient (Wildman–Crippen LogP) is 5.61. The summed E-state index contributed by atoms with van der Waals surface area (Å²) >= 11 is 5.91. The summed E-state index contributed by atoms with van der Waals surface area (Å²) in [5.74, 6) is 0. The van der Waals surface area contributed by atoms with Crippen LogP contribution in [0.1, 0.15) is 64.9 Å². The van der Waals surface area contributed by atoms with Crippen LogP contribution in [0.15, 0.2) is 24.3 Å². The quantitative estimate of drug-likeness (QED) is 0.553. The molecule has 0 saturated carbocycles. The van der Waals surface area contributed by atoms with Crippen molar-refractivity contribution in [2.75, 3.05) is 0 Å². The van der Waals surface area contributed by atoms with Crippen LogP contribution in [0.5, 0.6) is 0 Å². The first-order chi connectivity index (χ1) is 9.61. The van der Waals surface area contributed by atoms with E-state index >= 15 is 0 Å². The van der Waals surface area contributed by atoms with E-state index in [0.29, 0.717) is 12.1 Å². The zero-order chi connectivity index (χ0) is 14.8. The Morgan fingerprint density at radius 3 is 2.25 bits per heavy atom. The van der Waals surface area contributed by atoms with Crippen LogP contribution in [0, 0.1) is 0 Å². The third-order valence-electron chi connectivity index (χ3n) is 3.76. The summed E-state index contributed by atoms with van der Waals surface area (Å²) in [6.45, 7) is 6.84. The van der Waals surface area contributed by atoms with E-state index in [-0.39, 0.29) is 0 Å². The topological polar surface area (TPSA) is 12.0 Å². The summed E-state index contributed by atoms with van der Waals surface area (Å²) in [7, 11) is 0. The van der Waals surface area contributed by atoms with Gasteiger partial charge in [-0.15, -0.1) is 0 Å². The molecule has 0 aliphatic rings. The Hall–Kier alpha value is -0.530. The molecule has 1 N–H and O–H groups in total. The molecule has 0 aliphatic carbocycles. The Bertz CT molecular complexity index is 347. The van der Waals surface area contributed by atoms with Crippen molar-refractivity contribution in [2.24, 2.45) is 0 Å². The molecule has 2 heteroatoms. The fourth-order valence-electron chi connectivity index (χ4n) is 2.66. The van der Waals surface area contributed by atoms with Crippen LogP contribution in [-0.2, 0) is 6.42 Å². The molecule has 0 bridgehead atoms. The highest BCUT2D eigenvalue weighted by Crippen LogP contribution is 2.12. The summed E-state index contributed by atoms with van der Waals surface area (Å²) in [5, 5.41) is 4.52. The maximum atomic E-state index is 5.91. The average molecular weight is 296 g/mol. The van der Waals surface area contributed by atoms with E-state index in [1.807, 2.05) is 12.1 Å². The van der Waals surface area contributed by atoms with Crippen molar-refractivity contribution in [1.29, 1.82) is 0 Å². The van der Waals surface area contributed by atoms with Gasteiger partial charge in [-0.25, -0.2) is 0 Å². The number of rotatable bonds is 10. The molecule has 0 aliphatic heterocycles. The van der Waals surface area contributed by atoms with E-state index < -0.39 is 0 Å². The summed E-state index contributed by atoms with van der Waals surface area (Å²) in [6, 6.07) is 9.31. The molecule has 0 spiro atoms. The van der Waals surface area contributed by atoms with Crippen LogP contribution in [-0.4, -0.2) is 12.1 Å². The van der Waals surface area contributed by atoms with Crippen LogP contribution < -0.4 is 5.32 Å². The van der Waals surface area contributed by atoms with E-state index in [0.717, 1.165) is 11.4 Å². The minimum atomic E-state index is 0.516. The number of nitrogens with one attached hydrogen (secondary N) is 1. The Morgan fingerprint density at radius 2 is 1.60 bits per heavy atom. The van der Waals surface area contributed by atoms with Gasteiger partial charge in [-0.3, -0.25) is 0 Å². The van der Waals surface area contributed by atoms with Gasteiger partial charge < -0.3 is 5.32 Å². The van der Waals surface area contributed by atoms with Gasteiger partial charge in [0.25, 0.3) is 0 Å².